The summed E-state index contributed by atoms with van der Waals surface area (Å²) in [7, 11) is 2.05. The topological polar surface area (TPSA) is 54.2 Å². The van der Waals surface area contributed by atoms with Crippen molar-refractivity contribution in [2.24, 2.45) is 5.92 Å². The number of nitrogens with one attached hydrogen (secondary N) is 1. The van der Waals surface area contributed by atoms with Crippen LogP contribution in [0.4, 0.5) is 0 Å². The lowest BCUT2D eigenvalue weighted by atomic mass is 9.94. The third-order valence-corrected chi connectivity index (χ3v) is 3.42. The number of nitrogens with zero attached hydrogens (tertiary/aromatic N) is 3. The van der Waals surface area contributed by atoms with Gasteiger partial charge in [-0.1, -0.05) is 12.1 Å². The second-order valence-electron chi connectivity index (χ2n) is 4.56. The van der Waals surface area contributed by atoms with E-state index in [1.807, 2.05) is 0 Å². The van der Waals surface area contributed by atoms with Crippen molar-refractivity contribution in [3.8, 4) is 0 Å². The Balaban J connectivity index is 1.75. The highest BCUT2D eigenvalue weighted by Gasteiger charge is 2.24. The molecule has 2 atom stereocenters. The van der Waals surface area contributed by atoms with Gasteiger partial charge in [0, 0.05) is 25.6 Å². The minimum Gasteiger partial charge on any atom is -0.343 e. The maximum Gasteiger partial charge on any atom is 0.213 e. The number of hydrogen-bond donors (Lipinski definition) is 1. The van der Waals surface area contributed by atoms with Crippen LogP contribution in [0, 0.1) is 5.92 Å². The molecule has 1 aliphatic rings. The van der Waals surface area contributed by atoms with Crippen molar-refractivity contribution in [3.63, 3.8) is 0 Å². The van der Waals surface area contributed by atoms with Gasteiger partial charge in [-0.25, -0.2) is 0 Å². The molecule has 1 aromatic heterocycles. The SMILES string of the molecule is CNC1CCN(CCc2ncon2)CC1C. The summed E-state index contributed by atoms with van der Waals surface area (Å²) in [5.74, 6) is 1.52. The molecule has 2 unspecified atom stereocenters. The molecule has 2 heterocycles. The fourth-order valence-corrected chi connectivity index (χ4v) is 2.42. The quantitative estimate of drug-likeness (QED) is 0.809. The van der Waals surface area contributed by atoms with Gasteiger partial charge in [0.15, 0.2) is 5.82 Å². The van der Waals surface area contributed by atoms with Crippen LogP contribution >= 0.6 is 0 Å². The van der Waals surface area contributed by atoms with Crippen molar-refractivity contribution < 1.29 is 4.52 Å². The fraction of sp³-hybridized carbons (Fsp3) is 0.818. The normalized spacial score (nSPS) is 27.1. The number of rotatable bonds is 4. The summed E-state index contributed by atoms with van der Waals surface area (Å²) in [6, 6.07) is 0.668. The maximum atomic E-state index is 4.72. The molecule has 0 amide bonds. The van der Waals surface area contributed by atoms with Gasteiger partial charge in [0.05, 0.1) is 0 Å². The highest BCUT2D eigenvalue weighted by atomic mass is 16.5. The molecule has 5 heteroatoms. The summed E-state index contributed by atoms with van der Waals surface area (Å²) in [6.45, 7) is 5.65. The summed E-state index contributed by atoms with van der Waals surface area (Å²) in [5.41, 5.74) is 0. The van der Waals surface area contributed by atoms with E-state index >= 15 is 0 Å². The smallest absolute Gasteiger partial charge is 0.213 e. The Morgan fingerprint density at radius 1 is 1.62 bits per heavy atom. The molecular formula is C11H20N4O. The highest BCUT2D eigenvalue weighted by molar-refractivity contribution is 4.85. The fourth-order valence-electron chi connectivity index (χ4n) is 2.42. The molecular weight excluding hydrogens is 204 g/mol. The third kappa shape index (κ3) is 2.80. The summed E-state index contributed by atoms with van der Waals surface area (Å²) in [4.78, 5) is 6.52. The third-order valence-electron chi connectivity index (χ3n) is 3.42. The van der Waals surface area contributed by atoms with Crippen LogP contribution in [0.5, 0.6) is 0 Å². The zero-order valence-electron chi connectivity index (χ0n) is 10.0. The van der Waals surface area contributed by atoms with E-state index in [0.29, 0.717) is 12.0 Å². The molecule has 1 aromatic rings. The summed E-state index contributed by atoms with van der Waals surface area (Å²) in [5, 5.41) is 7.20. The van der Waals surface area contributed by atoms with E-state index in [1.165, 1.54) is 12.8 Å². The van der Waals surface area contributed by atoms with Gasteiger partial charge in [0.2, 0.25) is 6.39 Å². The Morgan fingerprint density at radius 2 is 2.50 bits per heavy atom. The van der Waals surface area contributed by atoms with Crippen LogP contribution in [0.1, 0.15) is 19.2 Å². The Kier molecular flexibility index (Phi) is 3.90. The molecule has 90 valence electrons. The summed E-state index contributed by atoms with van der Waals surface area (Å²) >= 11 is 0. The van der Waals surface area contributed by atoms with Crippen LogP contribution in [0.15, 0.2) is 10.9 Å². The first-order valence-electron chi connectivity index (χ1n) is 5.94. The van der Waals surface area contributed by atoms with Crippen molar-refractivity contribution in [2.75, 3.05) is 26.7 Å². The van der Waals surface area contributed by atoms with Crippen molar-refractivity contribution in [1.82, 2.24) is 20.4 Å². The minimum atomic E-state index is 0.668. The van der Waals surface area contributed by atoms with Crippen LogP contribution in [-0.2, 0) is 6.42 Å². The van der Waals surface area contributed by atoms with Crippen LogP contribution in [0.25, 0.3) is 0 Å². The highest BCUT2D eigenvalue weighted by Crippen LogP contribution is 2.16. The van der Waals surface area contributed by atoms with Gasteiger partial charge in [-0.3, -0.25) is 0 Å². The van der Waals surface area contributed by atoms with Gasteiger partial charge < -0.3 is 14.7 Å². The standard InChI is InChI=1S/C11H20N4O/c1-9-7-15(5-3-10(9)12-2)6-4-11-13-8-16-14-11/h8-10,12H,3-7H2,1-2H3. The molecule has 0 aromatic carbocycles. The Hall–Kier alpha value is -0.940. The number of hydrogen-bond acceptors (Lipinski definition) is 5. The Bertz CT molecular complexity index is 301. The van der Waals surface area contributed by atoms with Crippen LogP contribution < -0.4 is 5.32 Å². The predicted octanol–water partition coefficient (Wildman–Crippen LogP) is 0.542. The monoisotopic (exact) mass is 224 g/mol. The molecule has 1 saturated heterocycles. The molecule has 0 saturated carbocycles. The molecule has 1 aliphatic heterocycles. The number of aromatic nitrogens is 2. The molecule has 1 N–H and O–H groups in total. The molecule has 16 heavy (non-hydrogen) atoms. The first-order chi connectivity index (χ1) is 7.79. The molecule has 0 aliphatic carbocycles. The lowest BCUT2D eigenvalue weighted by molar-refractivity contribution is 0.152. The second kappa shape index (κ2) is 5.41. The lowest BCUT2D eigenvalue weighted by Gasteiger charge is -2.36. The van der Waals surface area contributed by atoms with Crippen LogP contribution in [0.2, 0.25) is 0 Å². The van der Waals surface area contributed by atoms with Crippen molar-refractivity contribution >= 4 is 0 Å². The van der Waals surface area contributed by atoms with Crippen molar-refractivity contribution in [2.45, 2.75) is 25.8 Å². The zero-order valence-corrected chi connectivity index (χ0v) is 10.0. The average Bonchev–Trinajstić information content (AvgIpc) is 2.79. The number of likely N-dealkylation sites (tertiary alicyclic amines) is 1. The van der Waals surface area contributed by atoms with E-state index in [-0.39, 0.29) is 0 Å². The predicted molar refractivity (Wildman–Crippen MR) is 61.1 cm³/mol. The largest absolute Gasteiger partial charge is 0.343 e. The maximum absolute atomic E-state index is 4.72. The van der Waals surface area contributed by atoms with E-state index in [9.17, 15) is 0 Å². The molecule has 2 rings (SSSR count). The van der Waals surface area contributed by atoms with Gasteiger partial charge >= 0.3 is 0 Å². The van der Waals surface area contributed by atoms with E-state index in [4.69, 9.17) is 4.52 Å². The van der Waals surface area contributed by atoms with Crippen molar-refractivity contribution in [1.29, 1.82) is 0 Å². The van der Waals surface area contributed by atoms with Gasteiger partial charge in [-0.05, 0) is 25.9 Å². The zero-order chi connectivity index (χ0) is 11.4. The van der Waals surface area contributed by atoms with Gasteiger partial charge in [0.1, 0.15) is 0 Å². The molecule has 5 nitrogen and oxygen atoms in total. The molecule has 0 bridgehead atoms. The van der Waals surface area contributed by atoms with E-state index in [0.717, 1.165) is 31.9 Å². The Labute approximate surface area is 96.2 Å². The van der Waals surface area contributed by atoms with E-state index in [2.05, 4.69) is 34.3 Å². The molecule has 0 radical (unpaired) electrons. The van der Waals surface area contributed by atoms with Gasteiger partial charge in [0.25, 0.3) is 0 Å². The van der Waals surface area contributed by atoms with Gasteiger partial charge in [-0.2, -0.15) is 4.98 Å². The average molecular weight is 224 g/mol. The van der Waals surface area contributed by atoms with Gasteiger partial charge in [-0.15, -0.1) is 0 Å². The summed E-state index contributed by atoms with van der Waals surface area (Å²) in [6.07, 6.45) is 3.50. The minimum absolute atomic E-state index is 0.668. The second-order valence-corrected chi connectivity index (χ2v) is 4.56. The first kappa shape index (κ1) is 11.5. The first-order valence-corrected chi connectivity index (χ1v) is 5.94. The molecule has 1 fully saturated rings. The van der Waals surface area contributed by atoms with Crippen molar-refractivity contribution in [3.05, 3.63) is 12.2 Å². The van der Waals surface area contributed by atoms with E-state index < -0.39 is 0 Å². The lowest BCUT2D eigenvalue weighted by Crippen LogP contribution is -2.47. The van der Waals surface area contributed by atoms with E-state index in [1.54, 1.807) is 0 Å². The van der Waals surface area contributed by atoms with Crippen LogP contribution in [0.3, 0.4) is 0 Å². The Morgan fingerprint density at radius 3 is 3.12 bits per heavy atom. The number of piperidine rings is 1. The summed E-state index contributed by atoms with van der Waals surface area (Å²) < 4.78 is 4.72. The molecule has 0 spiro atoms. The van der Waals surface area contributed by atoms with Crippen LogP contribution in [-0.4, -0.2) is 47.8 Å².